The molecule has 0 aliphatic heterocycles. The van der Waals surface area contributed by atoms with E-state index in [1.165, 1.54) is 5.56 Å². The van der Waals surface area contributed by atoms with E-state index in [4.69, 9.17) is 9.47 Å². The van der Waals surface area contributed by atoms with E-state index in [0.717, 1.165) is 19.4 Å². The van der Waals surface area contributed by atoms with Gasteiger partial charge in [-0.25, -0.2) is 0 Å². The summed E-state index contributed by atoms with van der Waals surface area (Å²) in [6, 6.07) is 10.2. The zero-order chi connectivity index (χ0) is 11.5. The third-order valence-corrected chi connectivity index (χ3v) is 2.18. The topological polar surface area (TPSA) is 18.5 Å². The molecule has 0 aliphatic carbocycles. The molecule has 16 heavy (non-hydrogen) atoms. The molecule has 2 nitrogen and oxygen atoms in total. The molecule has 1 aromatic rings. The minimum Gasteiger partial charge on any atom is -0.379 e. The van der Waals surface area contributed by atoms with Crippen LogP contribution in [0.2, 0.25) is 0 Å². The molecule has 0 saturated heterocycles. The highest BCUT2D eigenvalue weighted by Crippen LogP contribution is 2.00. The molecule has 0 bridgehead atoms. The first-order valence-electron chi connectivity index (χ1n) is 5.74. The monoisotopic (exact) mass is 220 g/mol. The van der Waals surface area contributed by atoms with Crippen LogP contribution in [-0.2, 0) is 16.1 Å². The molecule has 0 amide bonds. The lowest BCUT2D eigenvalue weighted by Gasteiger charge is -2.05. The van der Waals surface area contributed by atoms with Crippen molar-refractivity contribution in [2.24, 2.45) is 0 Å². The number of hydrogen-bond acceptors (Lipinski definition) is 2. The second-order valence-corrected chi connectivity index (χ2v) is 3.58. The van der Waals surface area contributed by atoms with E-state index in [1.807, 2.05) is 24.3 Å². The van der Waals surface area contributed by atoms with E-state index < -0.39 is 0 Å². The molecule has 0 radical (unpaired) electrons. The molecular formula is C14H20O2. The van der Waals surface area contributed by atoms with Crippen LogP contribution in [0.5, 0.6) is 0 Å². The summed E-state index contributed by atoms with van der Waals surface area (Å²) in [5, 5.41) is 0. The number of rotatable bonds is 9. The summed E-state index contributed by atoms with van der Waals surface area (Å²) < 4.78 is 10.9. The van der Waals surface area contributed by atoms with Gasteiger partial charge in [-0.15, -0.1) is 6.58 Å². The fourth-order valence-corrected chi connectivity index (χ4v) is 1.31. The predicted octanol–water partition coefficient (Wildman–Crippen LogP) is 3.19. The summed E-state index contributed by atoms with van der Waals surface area (Å²) in [5.74, 6) is 0. The van der Waals surface area contributed by atoms with Crippen molar-refractivity contribution in [1.29, 1.82) is 0 Å². The largest absolute Gasteiger partial charge is 0.379 e. The van der Waals surface area contributed by atoms with Gasteiger partial charge in [0.1, 0.15) is 0 Å². The van der Waals surface area contributed by atoms with Gasteiger partial charge in [-0.1, -0.05) is 36.4 Å². The third-order valence-electron chi connectivity index (χ3n) is 2.18. The van der Waals surface area contributed by atoms with E-state index in [9.17, 15) is 0 Å². The Morgan fingerprint density at radius 1 is 1.00 bits per heavy atom. The Morgan fingerprint density at radius 3 is 2.50 bits per heavy atom. The molecule has 0 N–H and O–H groups in total. The number of hydrogen-bond donors (Lipinski definition) is 0. The summed E-state index contributed by atoms with van der Waals surface area (Å²) in [6.45, 7) is 6.44. The maximum atomic E-state index is 5.48. The first-order chi connectivity index (χ1) is 7.93. The predicted molar refractivity (Wildman–Crippen MR) is 66.3 cm³/mol. The minimum atomic E-state index is 0.656. The van der Waals surface area contributed by atoms with Gasteiger partial charge in [0.2, 0.25) is 0 Å². The number of benzene rings is 1. The van der Waals surface area contributed by atoms with Crippen LogP contribution in [0.4, 0.5) is 0 Å². The smallest absolute Gasteiger partial charge is 0.0718 e. The van der Waals surface area contributed by atoms with Crippen LogP contribution < -0.4 is 0 Å². The third kappa shape index (κ3) is 6.38. The minimum absolute atomic E-state index is 0.656. The van der Waals surface area contributed by atoms with Crippen LogP contribution >= 0.6 is 0 Å². The Bertz CT molecular complexity index is 269. The highest BCUT2D eigenvalue weighted by molar-refractivity contribution is 5.13. The molecule has 0 fully saturated rings. The summed E-state index contributed by atoms with van der Waals surface area (Å²) in [7, 11) is 0. The van der Waals surface area contributed by atoms with Gasteiger partial charge >= 0.3 is 0 Å². The Hall–Kier alpha value is -1.12. The Kier molecular flexibility index (Phi) is 7.39. The fraction of sp³-hybridized carbons (Fsp3) is 0.429. The molecule has 0 aliphatic rings. The van der Waals surface area contributed by atoms with E-state index in [1.54, 1.807) is 0 Å². The molecule has 2 heteroatoms. The maximum Gasteiger partial charge on any atom is 0.0718 e. The Morgan fingerprint density at radius 2 is 1.75 bits per heavy atom. The van der Waals surface area contributed by atoms with Crippen molar-refractivity contribution in [2.75, 3.05) is 19.8 Å². The Labute approximate surface area is 97.9 Å². The van der Waals surface area contributed by atoms with Crippen LogP contribution in [0, 0.1) is 0 Å². The Balaban J connectivity index is 1.90. The van der Waals surface area contributed by atoms with Crippen LogP contribution in [0.25, 0.3) is 0 Å². The summed E-state index contributed by atoms with van der Waals surface area (Å²) in [4.78, 5) is 0. The highest BCUT2D eigenvalue weighted by atomic mass is 16.5. The summed E-state index contributed by atoms with van der Waals surface area (Å²) in [6.07, 6.45) is 3.97. The lowest BCUT2D eigenvalue weighted by molar-refractivity contribution is 0.0400. The molecule has 0 aromatic heterocycles. The van der Waals surface area contributed by atoms with E-state index in [0.29, 0.717) is 19.8 Å². The summed E-state index contributed by atoms with van der Waals surface area (Å²) >= 11 is 0. The SMILES string of the molecule is C=CCCCOCCOCc1ccccc1. The summed E-state index contributed by atoms with van der Waals surface area (Å²) in [5.41, 5.74) is 1.20. The first kappa shape index (κ1) is 12.9. The molecule has 1 aromatic carbocycles. The van der Waals surface area contributed by atoms with E-state index in [2.05, 4.69) is 18.7 Å². The highest BCUT2D eigenvalue weighted by Gasteiger charge is 1.92. The van der Waals surface area contributed by atoms with Crippen molar-refractivity contribution < 1.29 is 9.47 Å². The van der Waals surface area contributed by atoms with Crippen molar-refractivity contribution in [3.63, 3.8) is 0 Å². The molecule has 88 valence electrons. The molecule has 0 spiro atoms. The lowest BCUT2D eigenvalue weighted by atomic mass is 10.2. The fourth-order valence-electron chi connectivity index (χ4n) is 1.31. The van der Waals surface area contributed by atoms with E-state index in [-0.39, 0.29) is 0 Å². The van der Waals surface area contributed by atoms with Gasteiger partial charge in [-0.05, 0) is 18.4 Å². The van der Waals surface area contributed by atoms with Crippen LogP contribution in [0.15, 0.2) is 43.0 Å². The van der Waals surface area contributed by atoms with Crippen LogP contribution in [-0.4, -0.2) is 19.8 Å². The number of allylic oxidation sites excluding steroid dienone is 1. The average Bonchev–Trinajstić information content (AvgIpc) is 2.34. The molecule has 0 unspecified atom stereocenters. The van der Waals surface area contributed by atoms with E-state index >= 15 is 0 Å². The molecule has 1 rings (SSSR count). The van der Waals surface area contributed by atoms with Crippen LogP contribution in [0.1, 0.15) is 18.4 Å². The van der Waals surface area contributed by atoms with Crippen molar-refractivity contribution in [3.05, 3.63) is 48.6 Å². The molecular weight excluding hydrogens is 200 g/mol. The van der Waals surface area contributed by atoms with Gasteiger partial charge in [0.25, 0.3) is 0 Å². The number of unbranched alkanes of at least 4 members (excludes halogenated alkanes) is 1. The first-order valence-corrected chi connectivity index (χ1v) is 5.74. The van der Waals surface area contributed by atoms with Gasteiger partial charge in [-0.3, -0.25) is 0 Å². The second-order valence-electron chi connectivity index (χ2n) is 3.58. The molecule has 0 heterocycles. The lowest BCUT2D eigenvalue weighted by Crippen LogP contribution is -2.05. The second kappa shape index (κ2) is 9.13. The zero-order valence-corrected chi connectivity index (χ0v) is 9.73. The quantitative estimate of drug-likeness (QED) is 0.470. The standard InChI is InChI=1S/C14H20O2/c1-2-3-7-10-15-11-12-16-13-14-8-5-4-6-9-14/h2,4-6,8-9H,1,3,7,10-13H2. The molecule has 0 atom stereocenters. The molecule has 0 saturated carbocycles. The van der Waals surface area contributed by atoms with Crippen molar-refractivity contribution in [3.8, 4) is 0 Å². The van der Waals surface area contributed by atoms with Gasteiger partial charge in [0, 0.05) is 6.61 Å². The van der Waals surface area contributed by atoms with Crippen molar-refractivity contribution in [2.45, 2.75) is 19.4 Å². The van der Waals surface area contributed by atoms with Crippen LogP contribution in [0.3, 0.4) is 0 Å². The maximum absolute atomic E-state index is 5.48. The van der Waals surface area contributed by atoms with Gasteiger partial charge in [-0.2, -0.15) is 0 Å². The van der Waals surface area contributed by atoms with Gasteiger partial charge in [0.05, 0.1) is 19.8 Å². The number of ether oxygens (including phenoxy) is 2. The zero-order valence-electron chi connectivity index (χ0n) is 9.73. The average molecular weight is 220 g/mol. The van der Waals surface area contributed by atoms with Gasteiger partial charge < -0.3 is 9.47 Å². The normalized spacial score (nSPS) is 10.2. The van der Waals surface area contributed by atoms with Crippen molar-refractivity contribution in [1.82, 2.24) is 0 Å². The van der Waals surface area contributed by atoms with Gasteiger partial charge in [0.15, 0.2) is 0 Å². The van der Waals surface area contributed by atoms with Crippen molar-refractivity contribution >= 4 is 0 Å².